The van der Waals surface area contributed by atoms with Gasteiger partial charge in [0.1, 0.15) is 0 Å². The second-order valence-electron chi connectivity index (χ2n) is 8.70. The first kappa shape index (κ1) is 23.7. The molecular formula is C23H47N. The molecule has 1 nitrogen and oxygen atoms in total. The predicted molar refractivity (Wildman–Crippen MR) is 112 cm³/mol. The van der Waals surface area contributed by atoms with Crippen molar-refractivity contribution in [3.05, 3.63) is 11.6 Å². The smallest absolute Gasteiger partial charge is 0.000988 e. The maximum Gasteiger partial charge on any atom is 0.000988 e. The van der Waals surface area contributed by atoms with Crippen LogP contribution in [0, 0.1) is 17.8 Å². The van der Waals surface area contributed by atoms with Crippen molar-refractivity contribution in [1.82, 2.24) is 4.90 Å². The third-order valence-electron chi connectivity index (χ3n) is 5.21. The summed E-state index contributed by atoms with van der Waals surface area (Å²) >= 11 is 0. The van der Waals surface area contributed by atoms with E-state index in [1.807, 2.05) is 6.92 Å². The highest BCUT2D eigenvalue weighted by Crippen LogP contribution is 2.24. The van der Waals surface area contributed by atoms with Gasteiger partial charge in [-0.3, -0.25) is 0 Å². The zero-order valence-electron chi connectivity index (χ0n) is 18.0. The minimum Gasteiger partial charge on any atom is -0.303 e. The quantitative estimate of drug-likeness (QED) is 0.440. The topological polar surface area (TPSA) is 3.24 Å². The molecule has 1 aliphatic carbocycles. The number of hydrogen-bond acceptors (Lipinski definition) is 1. The number of hydrogen-bond donors (Lipinski definition) is 0. The van der Waals surface area contributed by atoms with Crippen LogP contribution in [0.15, 0.2) is 11.6 Å². The van der Waals surface area contributed by atoms with Crippen LogP contribution in [0.3, 0.4) is 0 Å². The van der Waals surface area contributed by atoms with E-state index in [2.05, 4.69) is 52.5 Å². The van der Waals surface area contributed by atoms with Gasteiger partial charge in [0.05, 0.1) is 0 Å². The Labute approximate surface area is 154 Å². The Morgan fingerprint density at radius 1 is 0.958 bits per heavy atom. The Balaban J connectivity index is 0.000000922. The summed E-state index contributed by atoms with van der Waals surface area (Å²) in [6, 6.07) is 0. The van der Waals surface area contributed by atoms with E-state index in [4.69, 9.17) is 0 Å². The first-order valence-electron chi connectivity index (χ1n) is 10.7. The van der Waals surface area contributed by atoms with Gasteiger partial charge < -0.3 is 4.90 Å². The Morgan fingerprint density at radius 3 is 1.88 bits per heavy atom. The fraction of sp³-hybridized carbons (Fsp3) is 0.913. The van der Waals surface area contributed by atoms with E-state index in [0.29, 0.717) is 0 Å². The molecule has 0 saturated heterocycles. The molecule has 0 amide bonds. The largest absolute Gasteiger partial charge is 0.303 e. The van der Waals surface area contributed by atoms with Crippen molar-refractivity contribution in [2.75, 3.05) is 19.6 Å². The van der Waals surface area contributed by atoms with E-state index in [1.54, 1.807) is 0 Å². The number of nitrogens with zero attached hydrogens (tertiary/aromatic N) is 1. The first-order valence-corrected chi connectivity index (χ1v) is 10.7. The van der Waals surface area contributed by atoms with Gasteiger partial charge in [0, 0.05) is 19.6 Å². The summed E-state index contributed by atoms with van der Waals surface area (Å²) in [5.41, 5.74) is 1.38. The molecule has 1 fully saturated rings. The highest BCUT2D eigenvalue weighted by atomic mass is 15.1. The Morgan fingerprint density at radius 2 is 1.46 bits per heavy atom. The molecule has 144 valence electrons. The average Bonchev–Trinajstić information content (AvgIpc) is 2.49. The first-order chi connectivity index (χ1) is 11.4. The molecule has 0 heterocycles. The van der Waals surface area contributed by atoms with E-state index in [-0.39, 0.29) is 0 Å². The van der Waals surface area contributed by atoms with Crippen LogP contribution in [-0.2, 0) is 0 Å². The maximum absolute atomic E-state index is 2.77. The Hall–Kier alpha value is -0.300. The summed E-state index contributed by atoms with van der Waals surface area (Å²) in [5, 5.41) is 0. The lowest BCUT2D eigenvalue weighted by Crippen LogP contribution is -2.36. The third-order valence-corrected chi connectivity index (χ3v) is 5.21. The minimum atomic E-state index is 0.803. The Kier molecular flexibility index (Phi) is 14.8. The molecular weight excluding hydrogens is 290 g/mol. The summed E-state index contributed by atoms with van der Waals surface area (Å²) in [7, 11) is 0. The summed E-state index contributed by atoms with van der Waals surface area (Å²) in [6.45, 7) is 19.6. The van der Waals surface area contributed by atoms with E-state index in [1.165, 1.54) is 76.6 Å². The van der Waals surface area contributed by atoms with Crippen molar-refractivity contribution in [3.8, 4) is 0 Å². The lowest BCUT2D eigenvalue weighted by molar-refractivity contribution is 0.168. The van der Waals surface area contributed by atoms with Crippen molar-refractivity contribution < 1.29 is 0 Å². The van der Waals surface area contributed by atoms with Gasteiger partial charge in [-0.25, -0.2) is 0 Å². The molecule has 0 aromatic carbocycles. The Bertz CT molecular complexity index is 293. The van der Waals surface area contributed by atoms with Gasteiger partial charge in [-0.1, -0.05) is 77.9 Å². The average molecular weight is 338 g/mol. The highest BCUT2D eigenvalue weighted by Gasteiger charge is 2.17. The molecule has 1 unspecified atom stereocenters. The van der Waals surface area contributed by atoms with Crippen LogP contribution in [0.4, 0.5) is 0 Å². The molecule has 0 N–H and O–H groups in total. The van der Waals surface area contributed by atoms with E-state index in [9.17, 15) is 0 Å². The maximum atomic E-state index is 2.77. The molecule has 1 rings (SSSR count). The minimum absolute atomic E-state index is 0.803. The molecule has 24 heavy (non-hydrogen) atoms. The molecule has 0 aromatic heterocycles. The fourth-order valence-corrected chi connectivity index (χ4v) is 3.40. The van der Waals surface area contributed by atoms with E-state index < -0.39 is 0 Å². The van der Waals surface area contributed by atoms with Crippen LogP contribution in [0.25, 0.3) is 0 Å². The van der Waals surface area contributed by atoms with Crippen molar-refractivity contribution in [2.45, 2.75) is 99.8 Å². The molecule has 0 aromatic rings. The number of rotatable bonds is 7. The molecule has 0 bridgehead atoms. The molecule has 1 atom stereocenters. The summed E-state index contributed by atoms with van der Waals surface area (Å²) in [4.78, 5) is 2.77. The predicted octanol–water partition coefficient (Wildman–Crippen LogP) is 7.32. The van der Waals surface area contributed by atoms with Gasteiger partial charge in [0.15, 0.2) is 0 Å². The lowest BCUT2D eigenvalue weighted by atomic mass is 9.90. The van der Waals surface area contributed by atoms with Gasteiger partial charge in [-0.05, 0) is 51.4 Å². The van der Waals surface area contributed by atoms with Gasteiger partial charge in [-0.2, -0.15) is 0 Å². The summed E-state index contributed by atoms with van der Waals surface area (Å²) < 4.78 is 0. The SMILES string of the molecule is CC=C(C)C.CCC(C)CN(CC(C)C)CC1CCCCCCC1. The molecule has 1 heteroatoms. The van der Waals surface area contributed by atoms with Crippen molar-refractivity contribution in [3.63, 3.8) is 0 Å². The van der Waals surface area contributed by atoms with Crippen LogP contribution in [0.5, 0.6) is 0 Å². The summed E-state index contributed by atoms with van der Waals surface area (Å²) in [6.07, 6.45) is 13.8. The number of allylic oxidation sites excluding steroid dienone is 2. The fourth-order valence-electron chi connectivity index (χ4n) is 3.40. The molecule has 0 spiro atoms. The standard InChI is InChI=1S/C18H37N.C5H10/c1-5-17(4)14-19(13-16(2)3)15-18-11-9-7-6-8-10-12-18;1-4-5(2)3/h16-18H,5-15H2,1-4H3;4H,1-3H3. The lowest BCUT2D eigenvalue weighted by Gasteiger charge is -2.31. The van der Waals surface area contributed by atoms with Gasteiger partial charge in [0.2, 0.25) is 0 Å². The highest BCUT2D eigenvalue weighted by molar-refractivity contribution is 4.88. The van der Waals surface area contributed by atoms with Crippen LogP contribution in [0.2, 0.25) is 0 Å². The van der Waals surface area contributed by atoms with Crippen molar-refractivity contribution >= 4 is 0 Å². The van der Waals surface area contributed by atoms with Crippen LogP contribution in [-0.4, -0.2) is 24.5 Å². The zero-order chi connectivity index (χ0) is 18.4. The van der Waals surface area contributed by atoms with Crippen LogP contribution in [0.1, 0.15) is 99.8 Å². The summed E-state index contributed by atoms with van der Waals surface area (Å²) in [5.74, 6) is 2.63. The zero-order valence-corrected chi connectivity index (χ0v) is 18.0. The van der Waals surface area contributed by atoms with Crippen LogP contribution >= 0.6 is 0 Å². The van der Waals surface area contributed by atoms with E-state index >= 15 is 0 Å². The van der Waals surface area contributed by atoms with Gasteiger partial charge >= 0.3 is 0 Å². The second kappa shape index (κ2) is 15.0. The molecule has 0 radical (unpaired) electrons. The van der Waals surface area contributed by atoms with E-state index in [0.717, 1.165) is 17.8 Å². The second-order valence-corrected chi connectivity index (χ2v) is 8.70. The van der Waals surface area contributed by atoms with Crippen molar-refractivity contribution in [1.29, 1.82) is 0 Å². The molecule has 1 aliphatic rings. The van der Waals surface area contributed by atoms with Gasteiger partial charge in [0.25, 0.3) is 0 Å². The molecule has 1 saturated carbocycles. The van der Waals surface area contributed by atoms with Crippen LogP contribution < -0.4 is 0 Å². The van der Waals surface area contributed by atoms with Gasteiger partial charge in [-0.15, -0.1) is 0 Å². The van der Waals surface area contributed by atoms with Crippen molar-refractivity contribution in [2.24, 2.45) is 17.8 Å². The normalized spacial score (nSPS) is 17.7. The molecule has 0 aliphatic heterocycles. The third kappa shape index (κ3) is 14.1. The monoisotopic (exact) mass is 337 g/mol.